The van der Waals surface area contributed by atoms with Crippen molar-refractivity contribution in [2.45, 2.75) is 45.1 Å². The molecule has 1 aromatic carbocycles. The third kappa shape index (κ3) is 3.47. The first-order chi connectivity index (χ1) is 8.88. The van der Waals surface area contributed by atoms with Gasteiger partial charge in [-0.05, 0) is 49.5 Å². The van der Waals surface area contributed by atoms with Gasteiger partial charge in [-0.25, -0.2) is 4.39 Å². The Hall–Kier alpha value is -1.09. The summed E-state index contributed by atoms with van der Waals surface area (Å²) in [4.78, 5) is 2.28. The minimum atomic E-state index is -0.270. The molecule has 19 heavy (non-hydrogen) atoms. The van der Waals surface area contributed by atoms with Gasteiger partial charge in [0.1, 0.15) is 6.61 Å². The van der Waals surface area contributed by atoms with E-state index in [4.69, 9.17) is 4.74 Å². The van der Waals surface area contributed by atoms with Crippen LogP contribution >= 0.6 is 0 Å². The second kappa shape index (κ2) is 5.49. The minimum Gasteiger partial charge on any atom is -0.489 e. The van der Waals surface area contributed by atoms with Gasteiger partial charge < -0.3 is 9.64 Å². The fourth-order valence-corrected chi connectivity index (χ4v) is 2.46. The van der Waals surface area contributed by atoms with Crippen LogP contribution in [0.5, 0.6) is 5.75 Å². The van der Waals surface area contributed by atoms with Gasteiger partial charge in [0.05, 0.1) is 0 Å². The quantitative estimate of drug-likeness (QED) is 0.828. The van der Waals surface area contributed by atoms with Gasteiger partial charge in [0.2, 0.25) is 0 Å². The van der Waals surface area contributed by atoms with Crippen molar-refractivity contribution < 1.29 is 9.13 Å². The number of likely N-dealkylation sites (N-methyl/N-ethyl adjacent to an activating group) is 1. The lowest BCUT2D eigenvalue weighted by atomic mass is 9.87. The van der Waals surface area contributed by atoms with Crippen LogP contribution in [-0.2, 0) is 5.41 Å². The van der Waals surface area contributed by atoms with Crippen LogP contribution < -0.4 is 4.74 Å². The zero-order valence-corrected chi connectivity index (χ0v) is 12.4. The molecule has 0 saturated carbocycles. The van der Waals surface area contributed by atoms with E-state index in [1.807, 2.05) is 12.1 Å². The van der Waals surface area contributed by atoms with Crippen LogP contribution in [0, 0.1) is 5.82 Å². The van der Waals surface area contributed by atoms with Crippen molar-refractivity contribution in [1.82, 2.24) is 4.90 Å². The van der Waals surface area contributed by atoms with Crippen molar-refractivity contribution in [3.63, 3.8) is 0 Å². The van der Waals surface area contributed by atoms with Crippen LogP contribution in [0.3, 0.4) is 0 Å². The monoisotopic (exact) mass is 265 g/mol. The number of halogens is 1. The Kier molecular flexibility index (Phi) is 4.14. The van der Waals surface area contributed by atoms with Gasteiger partial charge in [0, 0.05) is 6.04 Å². The van der Waals surface area contributed by atoms with Crippen LogP contribution in [0.4, 0.5) is 4.39 Å². The lowest BCUT2D eigenvalue weighted by Gasteiger charge is -2.22. The van der Waals surface area contributed by atoms with E-state index in [9.17, 15) is 4.39 Å². The highest BCUT2D eigenvalue weighted by Gasteiger charge is 2.22. The molecule has 1 aliphatic rings. The van der Waals surface area contributed by atoms with E-state index < -0.39 is 0 Å². The molecule has 0 aromatic heterocycles. The highest BCUT2D eigenvalue weighted by atomic mass is 19.1. The van der Waals surface area contributed by atoms with Gasteiger partial charge in [0.15, 0.2) is 11.6 Å². The molecule has 0 radical (unpaired) electrons. The molecule has 1 heterocycles. The Morgan fingerprint density at radius 2 is 2.11 bits per heavy atom. The molecular formula is C16H24FNO. The maximum Gasteiger partial charge on any atom is 0.165 e. The normalized spacial score (nSPS) is 20.8. The fraction of sp³-hybridized carbons (Fsp3) is 0.625. The van der Waals surface area contributed by atoms with Gasteiger partial charge in [-0.1, -0.05) is 26.8 Å². The van der Waals surface area contributed by atoms with Crippen LogP contribution in [0.2, 0.25) is 0 Å². The second-order valence-corrected chi connectivity index (χ2v) is 6.48. The zero-order chi connectivity index (χ0) is 14.0. The van der Waals surface area contributed by atoms with E-state index in [0.29, 0.717) is 18.4 Å². The van der Waals surface area contributed by atoms with Crippen LogP contribution in [0.15, 0.2) is 18.2 Å². The molecule has 2 rings (SSSR count). The molecular weight excluding hydrogens is 241 g/mol. The van der Waals surface area contributed by atoms with Crippen molar-refractivity contribution >= 4 is 0 Å². The summed E-state index contributed by atoms with van der Waals surface area (Å²) in [5.74, 6) is 0.112. The third-order valence-electron chi connectivity index (χ3n) is 3.90. The van der Waals surface area contributed by atoms with Gasteiger partial charge in [0.25, 0.3) is 0 Å². The number of rotatable bonds is 3. The Morgan fingerprint density at radius 3 is 2.68 bits per heavy atom. The molecule has 0 aliphatic carbocycles. The van der Waals surface area contributed by atoms with Crippen LogP contribution in [0.1, 0.15) is 39.2 Å². The molecule has 0 amide bonds. The number of benzene rings is 1. The van der Waals surface area contributed by atoms with Crippen molar-refractivity contribution in [2.75, 3.05) is 20.2 Å². The predicted octanol–water partition coefficient (Wildman–Crippen LogP) is 3.60. The van der Waals surface area contributed by atoms with Gasteiger partial charge in [-0.3, -0.25) is 0 Å². The third-order valence-corrected chi connectivity index (χ3v) is 3.90. The molecule has 1 fully saturated rings. The summed E-state index contributed by atoms with van der Waals surface area (Å²) in [5.41, 5.74) is 1.11. The first-order valence-electron chi connectivity index (χ1n) is 7.01. The highest BCUT2D eigenvalue weighted by molar-refractivity contribution is 5.34. The van der Waals surface area contributed by atoms with Crippen LogP contribution in [-0.4, -0.2) is 31.1 Å². The number of nitrogens with zero attached hydrogens (tertiary/aromatic N) is 1. The molecule has 3 heteroatoms. The van der Waals surface area contributed by atoms with E-state index in [0.717, 1.165) is 18.5 Å². The summed E-state index contributed by atoms with van der Waals surface area (Å²) in [5, 5.41) is 0. The number of hydrogen-bond donors (Lipinski definition) is 0. The average molecular weight is 265 g/mol. The Morgan fingerprint density at radius 1 is 1.37 bits per heavy atom. The molecule has 106 valence electrons. The zero-order valence-electron chi connectivity index (χ0n) is 12.4. The van der Waals surface area contributed by atoms with E-state index in [1.54, 1.807) is 0 Å². The Balaban J connectivity index is 2.07. The molecule has 2 nitrogen and oxygen atoms in total. The van der Waals surface area contributed by atoms with E-state index in [2.05, 4.69) is 32.7 Å². The number of hydrogen-bond acceptors (Lipinski definition) is 2. The standard InChI is InChI=1S/C16H24FNO/c1-16(2,3)12-7-8-14(17)15(10-12)19-11-13-6-5-9-18(13)4/h7-8,10,13H,5-6,9,11H2,1-4H3. The first-order valence-corrected chi connectivity index (χ1v) is 7.01. The molecule has 1 aliphatic heterocycles. The summed E-state index contributed by atoms with van der Waals surface area (Å²) < 4.78 is 19.5. The minimum absolute atomic E-state index is 0.00988. The SMILES string of the molecule is CN1CCCC1COc1cc(C(C)(C)C)ccc1F. The molecule has 0 spiro atoms. The maximum absolute atomic E-state index is 13.8. The molecule has 1 unspecified atom stereocenters. The summed E-state index contributed by atoms with van der Waals surface area (Å²) in [7, 11) is 2.10. The van der Waals surface area contributed by atoms with Crippen molar-refractivity contribution in [3.05, 3.63) is 29.6 Å². The van der Waals surface area contributed by atoms with Crippen molar-refractivity contribution in [1.29, 1.82) is 0 Å². The van der Waals surface area contributed by atoms with Crippen molar-refractivity contribution in [2.24, 2.45) is 0 Å². The maximum atomic E-state index is 13.8. The highest BCUT2D eigenvalue weighted by Crippen LogP contribution is 2.28. The lowest BCUT2D eigenvalue weighted by molar-refractivity contribution is 0.192. The summed E-state index contributed by atoms with van der Waals surface area (Å²) in [6.07, 6.45) is 2.34. The van der Waals surface area contributed by atoms with E-state index in [1.165, 1.54) is 12.5 Å². The Bertz CT molecular complexity index is 439. The Labute approximate surface area is 115 Å². The van der Waals surface area contributed by atoms with Gasteiger partial charge in [-0.2, -0.15) is 0 Å². The fourth-order valence-electron chi connectivity index (χ4n) is 2.46. The van der Waals surface area contributed by atoms with Gasteiger partial charge in [-0.15, -0.1) is 0 Å². The molecule has 0 bridgehead atoms. The van der Waals surface area contributed by atoms with E-state index in [-0.39, 0.29) is 11.2 Å². The molecule has 1 aromatic rings. The largest absolute Gasteiger partial charge is 0.489 e. The summed E-state index contributed by atoms with van der Waals surface area (Å²) in [6.45, 7) is 8.04. The molecule has 1 atom stereocenters. The topological polar surface area (TPSA) is 12.5 Å². The van der Waals surface area contributed by atoms with Gasteiger partial charge >= 0.3 is 0 Å². The lowest BCUT2D eigenvalue weighted by Crippen LogP contribution is -2.30. The number of likely N-dealkylation sites (tertiary alicyclic amines) is 1. The predicted molar refractivity (Wildman–Crippen MR) is 76.2 cm³/mol. The molecule has 1 saturated heterocycles. The van der Waals surface area contributed by atoms with Crippen LogP contribution in [0.25, 0.3) is 0 Å². The second-order valence-electron chi connectivity index (χ2n) is 6.48. The first kappa shape index (κ1) is 14.3. The van der Waals surface area contributed by atoms with Crippen molar-refractivity contribution in [3.8, 4) is 5.75 Å². The summed E-state index contributed by atoms with van der Waals surface area (Å²) >= 11 is 0. The number of ether oxygens (including phenoxy) is 1. The van der Waals surface area contributed by atoms with E-state index >= 15 is 0 Å². The average Bonchev–Trinajstić information content (AvgIpc) is 2.72. The summed E-state index contributed by atoms with van der Waals surface area (Å²) in [6, 6.07) is 5.60. The smallest absolute Gasteiger partial charge is 0.165 e. The molecule has 0 N–H and O–H groups in total.